The van der Waals surface area contributed by atoms with E-state index in [2.05, 4.69) is 5.32 Å². The third-order valence-electron chi connectivity index (χ3n) is 2.51. The number of rotatable bonds is 2. The van der Waals surface area contributed by atoms with Gasteiger partial charge in [0.25, 0.3) is 0 Å². The second kappa shape index (κ2) is 3.96. The van der Waals surface area contributed by atoms with E-state index in [0.717, 1.165) is 12.1 Å². The van der Waals surface area contributed by atoms with Gasteiger partial charge in [-0.05, 0) is 12.1 Å². The zero-order valence-corrected chi connectivity index (χ0v) is 8.96. The van der Waals surface area contributed by atoms with Crippen LogP contribution in [0.1, 0.15) is 11.5 Å². The molecule has 7 heteroatoms. The molecule has 1 heterocycles. The van der Waals surface area contributed by atoms with E-state index < -0.39 is 29.8 Å². The van der Waals surface area contributed by atoms with Crippen molar-refractivity contribution in [3.63, 3.8) is 0 Å². The van der Waals surface area contributed by atoms with Gasteiger partial charge in [-0.25, -0.2) is 13.6 Å². The maximum absolute atomic E-state index is 13.4. The highest BCUT2D eigenvalue weighted by Gasteiger charge is 2.43. The van der Waals surface area contributed by atoms with Gasteiger partial charge in [0, 0.05) is 10.6 Å². The Bertz CT molecular complexity index is 521. The number of carboxylic acids is 1. The minimum atomic E-state index is -2.46. The smallest absolute Gasteiger partial charge is 0.339 e. The van der Waals surface area contributed by atoms with Crippen LogP contribution in [-0.4, -0.2) is 23.2 Å². The van der Waals surface area contributed by atoms with E-state index in [-0.39, 0.29) is 16.3 Å². The number of aliphatic carboxylic acids is 1. The molecule has 1 amide bonds. The molecule has 1 aliphatic heterocycles. The molecule has 4 nitrogen and oxygen atoms in total. The highest BCUT2D eigenvalue weighted by atomic mass is 35.5. The maximum atomic E-state index is 13.4. The van der Waals surface area contributed by atoms with Crippen molar-refractivity contribution in [3.8, 4) is 0 Å². The Hall–Kier alpha value is -1.69. The van der Waals surface area contributed by atoms with Crippen molar-refractivity contribution in [3.05, 3.63) is 28.5 Å². The number of amides is 1. The number of carbonyl (C=O) groups is 2. The Labute approximate surface area is 99.2 Å². The number of carbonyl (C=O) groups excluding carboxylic acids is 1. The average molecular weight is 262 g/mol. The molecule has 1 aromatic carbocycles. The van der Waals surface area contributed by atoms with E-state index >= 15 is 0 Å². The number of nitrogens with one attached hydrogen (secondary N) is 1. The fourth-order valence-electron chi connectivity index (χ4n) is 1.75. The molecular formula is C10H6ClF2NO3. The first-order valence-corrected chi connectivity index (χ1v) is 4.97. The monoisotopic (exact) mass is 261 g/mol. The number of hydrogen-bond acceptors (Lipinski definition) is 2. The van der Waals surface area contributed by atoms with Crippen molar-refractivity contribution in [2.45, 2.75) is 12.1 Å². The molecule has 0 saturated heterocycles. The van der Waals surface area contributed by atoms with Gasteiger partial charge in [-0.15, -0.1) is 0 Å². The molecule has 2 N–H and O–H groups in total. The van der Waals surface area contributed by atoms with Crippen LogP contribution in [0.2, 0.25) is 5.02 Å². The fourth-order valence-corrected chi connectivity index (χ4v) is 2.03. The number of alkyl halides is 1. The lowest BCUT2D eigenvalue weighted by Gasteiger charge is -2.11. The summed E-state index contributed by atoms with van der Waals surface area (Å²) in [6.45, 7) is 0. The Morgan fingerprint density at radius 2 is 2.18 bits per heavy atom. The van der Waals surface area contributed by atoms with Gasteiger partial charge in [-0.2, -0.15) is 0 Å². The van der Waals surface area contributed by atoms with E-state index in [4.69, 9.17) is 16.7 Å². The molecule has 2 unspecified atom stereocenters. The van der Waals surface area contributed by atoms with Gasteiger partial charge in [0.2, 0.25) is 12.1 Å². The third kappa shape index (κ3) is 1.74. The first-order chi connectivity index (χ1) is 7.93. The van der Waals surface area contributed by atoms with Crippen LogP contribution in [-0.2, 0) is 9.59 Å². The molecular weight excluding hydrogens is 256 g/mol. The molecule has 0 fully saturated rings. The van der Waals surface area contributed by atoms with Gasteiger partial charge in [0.15, 0.2) is 0 Å². The second-order valence-corrected chi connectivity index (χ2v) is 3.93. The quantitative estimate of drug-likeness (QED) is 0.855. The van der Waals surface area contributed by atoms with Gasteiger partial charge in [-0.1, -0.05) is 11.6 Å². The second-order valence-electron chi connectivity index (χ2n) is 3.52. The lowest BCUT2D eigenvalue weighted by molar-refractivity contribution is -0.145. The molecule has 2 rings (SSSR count). The normalized spacial score (nSPS) is 19.7. The minimum absolute atomic E-state index is 0.0475. The Morgan fingerprint density at radius 3 is 2.76 bits per heavy atom. The molecule has 0 aromatic heterocycles. The van der Waals surface area contributed by atoms with Crippen molar-refractivity contribution in [2.24, 2.45) is 0 Å². The SMILES string of the molecule is O=C(O)C(F)C1C(=O)Nc2c(F)ccc(Cl)c21. The van der Waals surface area contributed by atoms with Crippen molar-refractivity contribution < 1.29 is 23.5 Å². The number of carboxylic acid groups (broad SMARTS) is 1. The van der Waals surface area contributed by atoms with Crippen LogP contribution in [0.15, 0.2) is 12.1 Å². The van der Waals surface area contributed by atoms with Gasteiger partial charge < -0.3 is 10.4 Å². The number of benzene rings is 1. The Morgan fingerprint density at radius 1 is 1.53 bits per heavy atom. The maximum Gasteiger partial charge on any atom is 0.339 e. The standard InChI is InChI=1S/C10H6ClF2NO3/c11-3-1-2-4(12)8-5(3)6(9(15)14-8)7(13)10(16)17/h1-2,6-7H,(H,14,15)(H,16,17). The van der Waals surface area contributed by atoms with E-state index in [1.807, 2.05) is 0 Å². The Balaban J connectivity index is 2.57. The van der Waals surface area contributed by atoms with Gasteiger partial charge in [0.05, 0.1) is 5.69 Å². The zero-order valence-electron chi connectivity index (χ0n) is 8.21. The minimum Gasteiger partial charge on any atom is -0.479 e. The molecule has 0 saturated carbocycles. The molecule has 0 spiro atoms. The van der Waals surface area contributed by atoms with Crippen molar-refractivity contribution in [1.29, 1.82) is 0 Å². The van der Waals surface area contributed by atoms with Crippen LogP contribution in [0.25, 0.3) is 0 Å². The highest BCUT2D eigenvalue weighted by molar-refractivity contribution is 6.33. The van der Waals surface area contributed by atoms with E-state index in [1.165, 1.54) is 0 Å². The van der Waals surface area contributed by atoms with Crippen molar-refractivity contribution in [1.82, 2.24) is 0 Å². The number of anilines is 1. The predicted octanol–water partition coefficient (Wildman–Crippen LogP) is 1.94. The molecule has 0 bridgehead atoms. The summed E-state index contributed by atoms with van der Waals surface area (Å²) in [5, 5.41) is 10.6. The average Bonchev–Trinajstić information content (AvgIpc) is 2.61. The van der Waals surface area contributed by atoms with E-state index in [9.17, 15) is 18.4 Å². The van der Waals surface area contributed by atoms with Gasteiger partial charge in [-0.3, -0.25) is 4.79 Å². The molecule has 1 aliphatic rings. The lowest BCUT2D eigenvalue weighted by atomic mass is 9.95. The fraction of sp³-hybridized carbons (Fsp3) is 0.200. The third-order valence-corrected chi connectivity index (χ3v) is 2.84. The predicted molar refractivity (Wildman–Crippen MR) is 55.3 cm³/mol. The van der Waals surface area contributed by atoms with Crippen LogP contribution in [0.5, 0.6) is 0 Å². The number of hydrogen-bond donors (Lipinski definition) is 2. The molecule has 2 atom stereocenters. The van der Waals surface area contributed by atoms with Crippen molar-refractivity contribution >= 4 is 29.2 Å². The Kier molecular flexibility index (Phi) is 2.74. The first kappa shape index (κ1) is 11.8. The summed E-state index contributed by atoms with van der Waals surface area (Å²) < 4.78 is 26.8. The van der Waals surface area contributed by atoms with Crippen LogP contribution >= 0.6 is 11.6 Å². The first-order valence-electron chi connectivity index (χ1n) is 4.59. The summed E-state index contributed by atoms with van der Waals surface area (Å²) in [5.41, 5.74) is -0.400. The summed E-state index contributed by atoms with van der Waals surface area (Å²) in [6.07, 6.45) is -2.46. The highest BCUT2D eigenvalue weighted by Crippen LogP contribution is 2.41. The van der Waals surface area contributed by atoms with Crippen LogP contribution in [0.4, 0.5) is 14.5 Å². The summed E-state index contributed by atoms with van der Waals surface area (Å²) >= 11 is 5.73. The van der Waals surface area contributed by atoms with Crippen LogP contribution in [0.3, 0.4) is 0 Å². The molecule has 0 aliphatic carbocycles. The van der Waals surface area contributed by atoms with Crippen molar-refractivity contribution in [2.75, 3.05) is 5.32 Å². The summed E-state index contributed by atoms with van der Waals surface area (Å²) in [4.78, 5) is 22.0. The topological polar surface area (TPSA) is 66.4 Å². The van der Waals surface area contributed by atoms with Gasteiger partial charge >= 0.3 is 5.97 Å². The summed E-state index contributed by atoms with van der Waals surface area (Å²) in [5.74, 6) is -5.11. The van der Waals surface area contributed by atoms with Crippen LogP contribution in [0, 0.1) is 5.82 Å². The molecule has 17 heavy (non-hydrogen) atoms. The summed E-state index contributed by atoms with van der Waals surface area (Å²) in [6, 6.07) is 2.16. The van der Waals surface area contributed by atoms with Crippen LogP contribution < -0.4 is 5.32 Å². The number of fused-ring (bicyclic) bond motifs is 1. The number of halogens is 3. The van der Waals surface area contributed by atoms with E-state index in [0.29, 0.717) is 0 Å². The van der Waals surface area contributed by atoms with Gasteiger partial charge in [0.1, 0.15) is 11.7 Å². The van der Waals surface area contributed by atoms with E-state index in [1.54, 1.807) is 0 Å². The largest absolute Gasteiger partial charge is 0.479 e. The molecule has 90 valence electrons. The lowest BCUT2D eigenvalue weighted by Crippen LogP contribution is -2.28. The summed E-state index contributed by atoms with van der Waals surface area (Å²) in [7, 11) is 0. The molecule has 1 aromatic rings. The zero-order chi connectivity index (χ0) is 12.7. The molecule has 0 radical (unpaired) electrons.